The van der Waals surface area contributed by atoms with Crippen LogP contribution in [0.1, 0.15) is 23.2 Å². The minimum absolute atomic E-state index is 0.000441. The van der Waals surface area contributed by atoms with Crippen LogP contribution in [0.4, 0.5) is 0 Å². The molecule has 0 unspecified atom stereocenters. The molecule has 3 rings (SSSR count). The van der Waals surface area contributed by atoms with Gasteiger partial charge in [0.2, 0.25) is 5.91 Å². The number of nitrogens with one attached hydrogen (secondary N) is 1. The lowest BCUT2D eigenvalue weighted by atomic mass is 10.1. The van der Waals surface area contributed by atoms with E-state index in [0.29, 0.717) is 32.6 Å². The highest BCUT2D eigenvalue weighted by Gasteiger charge is 2.06. The molecular formula is C21H23N3O3S. The SMILES string of the molecule is CCOc1ccc(CC(=O)NCCc2csc(COc3cccnc3)n2)cc1. The second kappa shape index (κ2) is 10.4. The van der Waals surface area contributed by atoms with Crippen LogP contribution in [-0.2, 0) is 24.2 Å². The Hall–Kier alpha value is -2.93. The molecule has 28 heavy (non-hydrogen) atoms. The van der Waals surface area contributed by atoms with Crippen molar-refractivity contribution in [1.82, 2.24) is 15.3 Å². The molecule has 0 aliphatic rings. The van der Waals surface area contributed by atoms with Crippen molar-refractivity contribution in [3.05, 3.63) is 70.4 Å². The number of thiazole rings is 1. The minimum atomic E-state index is -0.000441. The third kappa shape index (κ3) is 6.35. The monoisotopic (exact) mass is 397 g/mol. The van der Waals surface area contributed by atoms with Crippen LogP contribution in [0.2, 0.25) is 0 Å². The minimum Gasteiger partial charge on any atom is -0.494 e. The van der Waals surface area contributed by atoms with E-state index >= 15 is 0 Å². The zero-order valence-electron chi connectivity index (χ0n) is 15.8. The number of amides is 1. The van der Waals surface area contributed by atoms with Crippen molar-refractivity contribution in [2.24, 2.45) is 0 Å². The van der Waals surface area contributed by atoms with Crippen LogP contribution < -0.4 is 14.8 Å². The van der Waals surface area contributed by atoms with Crippen molar-refractivity contribution >= 4 is 17.2 Å². The summed E-state index contributed by atoms with van der Waals surface area (Å²) < 4.78 is 11.1. The molecule has 146 valence electrons. The molecule has 0 aliphatic heterocycles. The number of ether oxygens (including phenoxy) is 2. The van der Waals surface area contributed by atoms with Gasteiger partial charge in [0.05, 0.1) is 24.9 Å². The molecule has 0 aliphatic carbocycles. The molecular weight excluding hydrogens is 374 g/mol. The number of pyridine rings is 1. The first-order valence-electron chi connectivity index (χ1n) is 9.17. The Bertz CT molecular complexity index is 866. The van der Waals surface area contributed by atoms with Gasteiger partial charge in [-0.25, -0.2) is 4.98 Å². The van der Waals surface area contributed by atoms with Crippen molar-refractivity contribution in [3.8, 4) is 11.5 Å². The predicted molar refractivity (Wildman–Crippen MR) is 109 cm³/mol. The highest BCUT2D eigenvalue weighted by molar-refractivity contribution is 7.09. The second-order valence-electron chi connectivity index (χ2n) is 6.06. The van der Waals surface area contributed by atoms with Crippen molar-refractivity contribution in [2.75, 3.05) is 13.2 Å². The summed E-state index contributed by atoms with van der Waals surface area (Å²) in [5, 5.41) is 5.84. The molecule has 0 fully saturated rings. The highest BCUT2D eigenvalue weighted by atomic mass is 32.1. The molecule has 0 spiro atoms. The number of carbonyl (C=O) groups excluding carboxylic acids is 1. The van der Waals surface area contributed by atoms with E-state index in [1.54, 1.807) is 23.7 Å². The molecule has 1 aromatic carbocycles. The summed E-state index contributed by atoms with van der Waals surface area (Å²) in [4.78, 5) is 20.6. The Labute approximate surface area is 168 Å². The Balaban J connectivity index is 1.37. The van der Waals surface area contributed by atoms with E-state index in [0.717, 1.165) is 27.8 Å². The molecule has 3 aromatic rings. The van der Waals surface area contributed by atoms with E-state index in [1.165, 1.54) is 0 Å². The van der Waals surface area contributed by atoms with E-state index in [2.05, 4.69) is 15.3 Å². The first-order valence-corrected chi connectivity index (χ1v) is 10.1. The lowest BCUT2D eigenvalue weighted by molar-refractivity contribution is -0.120. The summed E-state index contributed by atoms with van der Waals surface area (Å²) in [7, 11) is 0. The van der Waals surface area contributed by atoms with Crippen molar-refractivity contribution in [1.29, 1.82) is 0 Å². The number of benzene rings is 1. The predicted octanol–water partition coefficient (Wildman–Crippen LogP) is 3.42. The normalized spacial score (nSPS) is 10.5. The molecule has 0 radical (unpaired) electrons. The fourth-order valence-electron chi connectivity index (χ4n) is 2.56. The Morgan fingerprint density at radius 3 is 2.75 bits per heavy atom. The summed E-state index contributed by atoms with van der Waals surface area (Å²) in [5.74, 6) is 1.54. The summed E-state index contributed by atoms with van der Waals surface area (Å²) in [6.45, 7) is 3.55. The number of aromatic nitrogens is 2. The van der Waals surface area contributed by atoms with Crippen LogP contribution in [0.3, 0.4) is 0 Å². The van der Waals surface area contributed by atoms with E-state index in [9.17, 15) is 4.79 Å². The lowest BCUT2D eigenvalue weighted by Gasteiger charge is -2.06. The lowest BCUT2D eigenvalue weighted by Crippen LogP contribution is -2.27. The van der Waals surface area contributed by atoms with Gasteiger partial charge < -0.3 is 14.8 Å². The van der Waals surface area contributed by atoms with Gasteiger partial charge in [-0.1, -0.05) is 12.1 Å². The van der Waals surface area contributed by atoms with Gasteiger partial charge >= 0.3 is 0 Å². The van der Waals surface area contributed by atoms with Crippen LogP contribution in [0.25, 0.3) is 0 Å². The Morgan fingerprint density at radius 1 is 1.14 bits per heavy atom. The highest BCUT2D eigenvalue weighted by Crippen LogP contribution is 2.15. The Kier molecular flexibility index (Phi) is 7.37. The third-order valence-electron chi connectivity index (χ3n) is 3.90. The first-order chi connectivity index (χ1) is 13.7. The van der Waals surface area contributed by atoms with Crippen molar-refractivity contribution < 1.29 is 14.3 Å². The smallest absolute Gasteiger partial charge is 0.224 e. The maximum absolute atomic E-state index is 12.1. The van der Waals surface area contributed by atoms with E-state index in [-0.39, 0.29) is 5.91 Å². The molecule has 2 heterocycles. The van der Waals surface area contributed by atoms with E-state index < -0.39 is 0 Å². The zero-order valence-corrected chi connectivity index (χ0v) is 16.6. The average Bonchev–Trinajstić information content (AvgIpc) is 3.17. The maximum Gasteiger partial charge on any atom is 0.224 e. The van der Waals surface area contributed by atoms with Crippen LogP contribution in [0, 0.1) is 0 Å². The molecule has 7 heteroatoms. The zero-order chi connectivity index (χ0) is 19.6. The molecule has 2 aromatic heterocycles. The van der Waals surface area contributed by atoms with Crippen LogP contribution >= 0.6 is 11.3 Å². The molecule has 6 nitrogen and oxygen atoms in total. The fraction of sp³-hybridized carbons (Fsp3) is 0.286. The molecule has 0 saturated heterocycles. The quantitative estimate of drug-likeness (QED) is 0.567. The molecule has 0 bridgehead atoms. The van der Waals surface area contributed by atoms with E-state index in [1.807, 2.05) is 48.7 Å². The molecule has 0 saturated carbocycles. The van der Waals surface area contributed by atoms with Gasteiger partial charge in [0, 0.05) is 24.5 Å². The van der Waals surface area contributed by atoms with Crippen LogP contribution in [0.5, 0.6) is 11.5 Å². The molecule has 1 N–H and O–H groups in total. The van der Waals surface area contributed by atoms with E-state index in [4.69, 9.17) is 9.47 Å². The van der Waals surface area contributed by atoms with Gasteiger partial charge in [0.15, 0.2) is 0 Å². The molecule has 1 amide bonds. The standard InChI is InChI=1S/C21H23N3O3S/c1-2-26-18-7-5-16(6-8-18)12-20(25)23-11-9-17-15-28-21(24-17)14-27-19-4-3-10-22-13-19/h3-8,10,13,15H,2,9,11-12,14H2,1H3,(H,23,25). The van der Waals surface area contributed by atoms with Crippen LogP contribution in [-0.4, -0.2) is 29.0 Å². The van der Waals surface area contributed by atoms with Crippen LogP contribution in [0.15, 0.2) is 54.2 Å². The number of hydrogen-bond acceptors (Lipinski definition) is 6. The van der Waals surface area contributed by atoms with Gasteiger partial charge in [0.25, 0.3) is 0 Å². The number of rotatable bonds is 10. The topological polar surface area (TPSA) is 73.3 Å². The summed E-state index contributed by atoms with van der Waals surface area (Å²) >= 11 is 1.55. The average molecular weight is 398 g/mol. The van der Waals surface area contributed by atoms with Crippen molar-refractivity contribution in [3.63, 3.8) is 0 Å². The van der Waals surface area contributed by atoms with Gasteiger partial charge in [-0.15, -0.1) is 11.3 Å². The summed E-state index contributed by atoms with van der Waals surface area (Å²) in [6, 6.07) is 11.3. The van der Waals surface area contributed by atoms with Gasteiger partial charge in [-0.2, -0.15) is 0 Å². The van der Waals surface area contributed by atoms with Gasteiger partial charge in [-0.05, 0) is 36.8 Å². The third-order valence-corrected chi connectivity index (χ3v) is 4.77. The molecule has 0 atom stereocenters. The number of carbonyl (C=O) groups is 1. The Morgan fingerprint density at radius 2 is 2.00 bits per heavy atom. The van der Waals surface area contributed by atoms with Gasteiger partial charge in [-0.3, -0.25) is 9.78 Å². The fourth-order valence-corrected chi connectivity index (χ4v) is 3.30. The number of nitrogens with zero attached hydrogens (tertiary/aromatic N) is 2. The summed E-state index contributed by atoms with van der Waals surface area (Å²) in [6.07, 6.45) is 4.43. The summed E-state index contributed by atoms with van der Waals surface area (Å²) in [5.41, 5.74) is 1.92. The van der Waals surface area contributed by atoms with Crippen molar-refractivity contribution in [2.45, 2.75) is 26.4 Å². The first kappa shape index (κ1) is 19.8. The van der Waals surface area contributed by atoms with Gasteiger partial charge in [0.1, 0.15) is 23.1 Å². The number of hydrogen-bond donors (Lipinski definition) is 1. The largest absolute Gasteiger partial charge is 0.494 e. The maximum atomic E-state index is 12.1. The second-order valence-corrected chi connectivity index (χ2v) is 7.01.